The molecule has 1 aliphatic rings. The molecule has 0 aliphatic carbocycles. The summed E-state index contributed by atoms with van der Waals surface area (Å²) in [5.74, 6) is -0.255. The van der Waals surface area contributed by atoms with Gasteiger partial charge in [-0.2, -0.15) is 0 Å². The van der Waals surface area contributed by atoms with Crippen LogP contribution in [0, 0.1) is 0 Å². The second kappa shape index (κ2) is 6.58. The number of benzene rings is 1. The Morgan fingerprint density at radius 3 is 3.05 bits per heavy atom. The summed E-state index contributed by atoms with van der Waals surface area (Å²) in [7, 11) is 1.58. The molecule has 1 aromatic rings. The molecular formula is C13H16N2O3S. The zero-order valence-corrected chi connectivity index (χ0v) is 11.5. The minimum Gasteiger partial charge on any atom is -0.383 e. The monoisotopic (exact) mass is 280 g/mol. The molecule has 1 aliphatic heterocycles. The van der Waals surface area contributed by atoms with Gasteiger partial charge in [0.25, 0.3) is 0 Å². The van der Waals surface area contributed by atoms with Crippen molar-refractivity contribution in [3.05, 3.63) is 24.3 Å². The fourth-order valence-corrected chi connectivity index (χ4v) is 2.87. The lowest BCUT2D eigenvalue weighted by Gasteiger charge is -2.23. The Kier molecular flexibility index (Phi) is 4.81. The van der Waals surface area contributed by atoms with Crippen LogP contribution in [0.25, 0.3) is 0 Å². The highest BCUT2D eigenvalue weighted by Crippen LogP contribution is 2.36. The maximum Gasteiger partial charge on any atom is 0.238 e. The van der Waals surface area contributed by atoms with Gasteiger partial charge in [0.05, 0.1) is 17.5 Å². The lowest BCUT2D eigenvalue weighted by Crippen LogP contribution is -2.35. The highest BCUT2D eigenvalue weighted by Gasteiger charge is 2.28. The number of hydrogen-bond donors (Lipinski definition) is 2. The predicted octanol–water partition coefficient (Wildman–Crippen LogP) is 1.25. The average molecular weight is 280 g/mol. The van der Waals surface area contributed by atoms with Gasteiger partial charge < -0.3 is 15.4 Å². The van der Waals surface area contributed by atoms with Crippen LogP contribution in [-0.2, 0) is 14.3 Å². The molecule has 0 spiro atoms. The van der Waals surface area contributed by atoms with E-state index in [1.165, 1.54) is 11.8 Å². The molecule has 0 saturated heterocycles. The van der Waals surface area contributed by atoms with Gasteiger partial charge in [0.1, 0.15) is 0 Å². The summed E-state index contributed by atoms with van der Waals surface area (Å²) in [5, 5.41) is 5.16. The Balaban J connectivity index is 1.92. The third-order valence-electron chi connectivity index (χ3n) is 2.71. The van der Waals surface area contributed by atoms with Gasteiger partial charge in [0.15, 0.2) is 0 Å². The Morgan fingerprint density at radius 2 is 2.26 bits per heavy atom. The fraction of sp³-hybridized carbons (Fsp3) is 0.385. The standard InChI is InChI=1S/C13H16N2O3S/c1-18-7-6-14-12(16)8-11-13(17)15-9-4-2-3-5-10(9)19-11/h2-5,11H,6-8H2,1H3,(H,14,16)(H,15,17)/t11-/m1/s1. The third kappa shape index (κ3) is 3.71. The molecule has 2 N–H and O–H groups in total. The first-order chi connectivity index (χ1) is 9.20. The first kappa shape index (κ1) is 13.9. The molecular weight excluding hydrogens is 264 g/mol. The van der Waals surface area contributed by atoms with E-state index >= 15 is 0 Å². The number of carbonyl (C=O) groups excluding carboxylic acids is 2. The van der Waals surface area contributed by atoms with Crippen LogP contribution < -0.4 is 10.6 Å². The number of para-hydroxylation sites is 1. The quantitative estimate of drug-likeness (QED) is 0.797. The van der Waals surface area contributed by atoms with E-state index in [0.717, 1.165) is 10.6 Å². The summed E-state index contributed by atoms with van der Waals surface area (Å²) in [5.41, 5.74) is 0.813. The van der Waals surface area contributed by atoms with E-state index in [9.17, 15) is 9.59 Å². The number of amides is 2. The first-order valence-electron chi connectivity index (χ1n) is 6.03. The van der Waals surface area contributed by atoms with Crippen molar-refractivity contribution in [3.8, 4) is 0 Å². The van der Waals surface area contributed by atoms with E-state index in [-0.39, 0.29) is 23.5 Å². The van der Waals surface area contributed by atoms with Crippen LogP contribution in [-0.4, -0.2) is 37.3 Å². The van der Waals surface area contributed by atoms with Gasteiger partial charge in [-0.3, -0.25) is 9.59 Å². The maximum atomic E-state index is 11.9. The first-order valence-corrected chi connectivity index (χ1v) is 6.91. The van der Waals surface area contributed by atoms with Crippen molar-refractivity contribution in [3.63, 3.8) is 0 Å². The second-order valence-corrected chi connectivity index (χ2v) is 5.38. The van der Waals surface area contributed by atoms with Gasteiger partial charge in [0, 0.05) is 25.0 Å². The minimum absolute atomic E-state index is 0.120. The van der Waals surface area contributed by atoms with Crippen LogP contribution in [0.15, 0.2) is 29.2 Å². The van der Waals surface area contributed by atoms with Crippen molar-refractivity contribution in [2.24, 2.45) is 0 Å². The zero-order valence-electron chi connectivity index (χ0n) is 10.6. The molecule has 102 valence electrons. The van der Waals surface area contributed by atoms with Gasteiger partial charge in [-0.05, 0) is 12.1 Å². The van der Waals surface area contributed by atoms with Gasteiger partial charge >= 0.3 is 0 Å². The number of thioether (sulfide) groups is 1. The molecule has 0 aromatic heterocycles. The van der Waals surface area contributed by atoms with Crippen molar-refractivity contribution in [2.45, 2.75) is 16.6 Å². The number of carbonyl (C=O) groups is 2. The molecule has 0 unspecified atom stereocenters. The molecule has 6 heteroatoms. The van der Waals surface area contributed by atoms with Gasteiger partial charge in [-0.25, -0.2) is 0 Å². The molecule has 1 heterocycles. The summed E-state index contributed by atoms with van der Waals surface area (Å²) in [4.78, 5) is 24.6. The summed E-state index contributed by atoms with van der Waals surface area (Å²) < 4.78 is 4.85. The minimum atomic E-state index is -0.377. The largest absolute Gasteiger partial charge is 0.383 e. The summed E-state index contributed by atoms with van der Waals surface area (Å²) in [6.07, 6.45) is 0.175. The van der Waals surface area contributed by atoms with Crippen LogP contribution in [0.1, 0.15) is 6.42 Å². The fourth-order valence-electron chi connectivity index (χ4n) is 1.76. The molecule has 1 aromatic carbocycles. The summed E-state index contributed by atoms with van der Waals surface area (Å²) in [6, 6.07) is 7.58. The Bertz CT molecular complexity index is 479. The van der Waals surface area contributed by atoms with E-state index < -0.39 is 0 Å². The smallest absolute Gasteiger partial charge is 0.238 e. The Hall–Kier alpha value is -1.53. The van der Waals surface area contributed by atoms with Crippen molar-refractivity contribution in [2.75, 3.05) is 25.6 Å². The lowest BCUT2D eigenvalue weighted by atomic mass is 10.2. The van der Waals surface area contributed by atoms with E-state index in [0.29, 0.717) is 13.2 Å². The maximum absolute atomic E-state index is 11.9. The van der Waals surface area contributed by atoms with Crippen LogP contribution >= 0.6 is 11.8 Å². The molecule has 0 saturated carbocycles. The van der Waals surface area contributed by atoms with Crippen LogP contribution in [0.5, 0.6) is 0 Å². The Morgan fingerprint density at radius 1 is 1.47 bits per heavy atom. The average Bonchev–Trinajstić information content (AvgIpc) is 2.40. The molecule has 1 atom stereocenters. The molecule has 0 radical (unpaired) electrons. The lowest BCUT2D eigenvalue weighted by molar-refractivity contribution is -0.124. The van der Waals surface area contributed by atoms with Crippen molar-refractivity contribution < 1.29 is 14.3 Å². The summed E-state index contributed by atoms with van der Waals surface area (Å²) in [6.45, 7) is 0.934. The van der Waals surface area contributed by atoms with E-state index in [1.807, 2.05) is 24.3 Å². The SMILES string of the molecule is COCCNC(=O)C[C@H]1Sc2ccccc2NC1=O. The number of nitrogens with one attached hydrogen (secondary N) is 2. The van der Waals surface area contributed by atoms with Gasteiger partial charge in [-0.15, -0.1) is 11.8 Å². The third-order valence-corrected chi connectivity index (χ3v) is 3.98. The van der Waals surface area contributed by atoms with Crippen molar-refractivity contribution in [1.29, 1.82) is 0 Å². The number of anilines is 1. The molecule has 2 rings (SSSR count). The number of fused-ring (bicyclic) bond motifs is 1. The number of rotatable bonds is 5. The number of hydrogen-bond acceptors (Lipinski definition) is 4. The summed E-state index contributed by atoms with van der Waals surface area (Å²) >= 11 is 1.43. The second-order valence-electron chi connectivity index (χ2n) is 4.14. The normalized spacial score (nSPS) is 17.5. The van der Waals surface area contributed by atoms with E-state index in [2.05, 4.69) is 10.6 Å². The predicted molar refractivity (Wildman–Crippen MR) is 74.2 cm³/mol. The van der Waals surface area contributed by atoms with Crippen LogP contribution in [0.2, 0.25) is 0 Å². The van der Waals surface area contributed by atoms with Crippen LogP contribution in [0.4, 0.5) is 5.69 Å². The van der Waals surface area contributed by atoms with Crippen molar-refractivity contribution >= 4 is 29.3 Å². The highest BCUT2D eigenvalue weighted by molar-refractivity contribution is 8.01. The highest BCUT2D eigenvalue weighted by atomic mass is 32.2. The Labute approximate surface area is 116 Å². The molecule has 5 nitrogen and oxygen atoms in total. The van der Waals surface area contributed by atoms with Gasteiger partial charge in [-0.1, -0.05) is 12.1 Å². The number of methoxy groups -OCH3 is 1. The topological polar surface area (TPSA) is 67.4 Å². The zero-order chi connectivity index (χ0) is 13.7. The van der Waals surface area contributed by atoms with Crippen LogP contribution in [0.3, 0.4) is 0 Å². The number of ether oxygens (including phenoxy) is 1. The van der Waals surface area contributed by atoms with Gasteiger partial charge in [0.2, 0.25) is 11.8 Å². The van der Waals surface area contributed by atoms with E-state index in [1.54, 1.807) is 7.11 Å². The van der Waals surface area contributed by atoms with E-state index in [4.69, 9.17) is 4.74 Å². The van der Waals surface area contributed by atoms with Crippen molar-refractivity contribution in [1.82, 2.24) is 5.32 Å². The molecule has 2 amide bonds. The molecule has 0 bridgehead atoms. The molecule has 0 fully saturated rings. The molecule has 19 heavy (non-hydrogen) atoms.